The van der Waals surface area contributed by atoms with Crippen LogP contribution in [0, 0.1) is 18.7 Å². The number of hydrogen-bond acceptors (Lipinski definition) is 6. The summed E-state index contributed by atoms with van der Waals surface area (Å²) in [7, 11) is -2.28. The average molecular weight is 613 g/mol. The number of aryl methyl sites for hydroxylation is 1. The van der Waals surface area contributed by atoms with Gasteiger partial charge in [0.2, 0.25) is 5.91 Å². The van der Waals surface area contributed by atoms with Crippen molar-refractivity contribution < 1.29 is 32.2 Å². The monoisotopic (exact) mass is 612 g/mol. The summed E-state index contributed by atoms with van der Waals surface area (Å²) in [5.41, 5.74) is 2.08. The zero-order chi connectivity index (χ0) is 31.3. The van der Waals surface area contributed by atoms with E-state index in [1.54, 1.807) is 49.2 Å². The maximum Gasteiger partial charge on any atom is 0.321 e. The van der Waals surface area contributed by atoms with Gasteiger partial charge < -0.3 is 25.0 Å². The lowest BCUT2D eigenvalue weighted by molar-refractivity contribution is -0.134. The van der Waals surface area contributed by atoms with Crippen LogP contribution < -0.4 is 14.8 Å². The van der Waals surface area contributed by atoms with Gasteiger partial charge in [-0.3, -0.25) is 9.52 Å². The maximum atomic E-state index is 13.5. The summed E-state index contributed by atoms with van der Waals surface area (Å²) in [5.74, 6) is -0.543. The molecule has 3 aromatic carbocycles. The molecule has 3 atom stereocenters. The molecule has 1 aliphatic rings. The van der Waals surface area contributed by atoms with Crippen LogP contribution in [0.15, 0.2) is 71.6 Å². The Morgan fingerprint density at radius 2 is 1.77 bits per heavy atom. The Balaban J connectivity index is 1.61. The molecule has 3 amide bonds. The van der Waals surface area contributed by atoms with Crippen LogP contribution in [0.3, 0.4) is 0 Å². The van der Waals surface area contributed by atoms with E-state index in [0.717, 1.165) is 5.56 Å². The zero-order valence-electron chi connectivity index (χ0n) is 24.6. The van der Waals surface area contributed by atoms with E-state index in [9.17, 15) is 27.5 Å². The second-order valence-electron chi connectivity index (χ2n) is 10.9. The van der Waals surface area contributed by atoms with Crippen LogP contribution >= 0.6 is 0 Å². The minimum atomic E-state index is -3.89. The summed E-state index contributed by atoms with van der Waals surface area (Å²) in [6.45, 7) is 5.67. The molecule has 230 valence electrons. The van der Waals surface area contributed by atoms with Crippen molar-refractivity contribution in [3.63, 3.8) is 0 Å². The highest BCUT2D eigenvalue weighted by atomic mass is 32.2. The Kier molecular flexibility index (Phi) is 9.92. The van der Waals surface area contributed by atoms with Crippen LogP contribution in [0.4, 0.5) is 20.6 Å². The van der Waals surface area contributed by atoms with E-state index in [1.165, 1.54) is 41.3 Å². The van der Waals surface area contributed by atoms with Gasteiger partial charge in [0.1, 0.15) is 17.7 Å². The van der Waals surface area contributed by atoms with Crippen molar-refractivity contribution in [2.24, 2.45) is 5.92 Å². The molecule has 0 fully saturated rings. The number of carbonyl (C=O) groups excluding carboxylic acids is 2. The number of likely N-dealkylation sites (N-methyl/N-ethyl adjacent to an activating group) is 1. The number of sulfonamides is 1. The highest BCUT2D eigenvalue weighted by Crippen LogP contribution is 2.30. The summed E-state index contributed by atoms with van der Waals surface area (Å²) >= 11 is 0. The number of aliphatic hydroxyl groups excluding tert-OH is 1. The molecular weight excluding hydrogens is 575 g/mol. The molecule has 3 aromatic rings. The summed E-state index contributed by atoms with van der Waals surface area (Å²) in [5, 5.41) is 12.6. The van der Waals surface area contributed by atoms with Gasteiger partial charge in [0.05, 0.1) is 30.5 Å². The first-order valence-electron chi connectivity index (χ1n) is 13.9. The quantitative estimate of drug-likeness (QED) is 0.349. The summed E-state index contributed by atoms with van der Waals surface area (Å²) < 4.78 is 48.3. The zero-order valence-corrected chi connectivity index (χ0v) is 25.4. The SMILES string of the molecule is Cc1ccc(S(=O)(=O)Nc2ccc3c(c2)CC(=O)N([C@H](C)CO)C[C@H](C)[C@@H](CN(C)C(=O)Nc2ccc(F)cc2)O3)cc1. The van der Waals surface area contributed by atoms with Crippen molar-refractivity contribution in [2.75, 3.05) is 36.8 Å². The molecule has 0 radical (unpaired) electrons. The van der Waals surface area contributed by atoms with Crippen LogP contribution in [-0.4, -0.2) is 74.2 Å². The van der Waals surface area contributed by atoms with E-state index >= 15 is 0 Å². The van der Waals surface area contributed by atoms with Crippen LogP contribution in [0.5, 0.6) is 5.75 Å². The summed E-state index contributed by atoms with van der Waals surface area (Å²) in [4.78, 5) is 29.5. The number of nitrogens with zero attached hydrogens (tertiary/aromatic N) is 2. The number of nitrogens with one attached hydrogen (secondary N) is 2. The van der Waals surface area contributed by atoms with E-state index in [4.69, 9.17) is 4.74 Å². The number of aliphatic hydroxyl groups is 1. The highest BCUT2D eigenvalue weighted by molar-refractivity contribution is 7.92. The predicted octanol–water partition coefficient (Wildman–Crippen LogP) is 4.25. The van der Waals surface area contributed by atoms with E-state index < -0.39 is 34.0 Å². The lowest BCUT2D eigenvalue weighted by Gasteiger charge is -2.34. The van der Waals surface area contributed by atoms with Crippen LogP contribution in [0.1, 0.15) is 25.0 Å². The molecule has 4 rings (SSSR count). The van der Waals surface area contributed by atoms with Gasteiger partial charge in [-0.1, -0.05) is 24.6 Å². The fourth-order valence-corrected chi connectivity index (χ4v) is 5.80. The average Bonchev–Trinajstić information content (AvgIpc) is 3.01. The number of hydrogen-bond donors (Lipinski definition) is 3. The highest BCUT2D eigenvalue weighted by Gasteiger charge is 2.32. The van der Waals surface area contributed by atoms with Crippen LogP contribution in [0.25, 0.3) is 0 Å². The minimum Gasteiger partial charge on any atom is -0.488 e. The molecule has 0 aromatic heterocycles. The lowest BCUT2D eigenvalue weighted by atomic mass is 10.0. The molecule has 0 spiro atoms. The molecule has 1 aliphatic heterocycles. The fraction of sp³-hybridized carbons (Fsp3) is 0.355. The first kappa shape index (κ1) is 31.8. The predicted molar refractivity (Wildman–Crippen MR) is 162 cm³/mol. The van der Waals surface area contributed by atoms with Crippen molar-refractivity contribution in [3.8, 4) is 5.75 Å². The number of ether oxygens (including phenoxy) is 1. The van der Waals surface area contributed by atoms with E-state index in [-0.39, 0.29) is 48.5 Å². The normalized spacial score (nSPS) is 17.9. The van der Waals surface area contributed by atoms with Crippen LogP contribution in [-0.2, 0) is 21.2 Å². The maximum absolute atomic E-state index is 13.5. The Morgan fingerprint density at radius 3 is 2.42 bits per heavy atom. The number of carbonyl (C=O) groups is 2. The van der Waals surface area contributed by atoms with Crippen molar-refractivity contribution in [1.82, 2.24) is 9.80 Å². The van der Waals surface area contributed by atoms with Gasteiger partial charge >= 0.3 is 6.03 Å². The van der Waals surface area contributed by atoms with E-state index in [2.05, 4.69) is 10.0 Å². The topological polar surface area (TPSA) is 128 Å². The van der Waals surface area contributed by atoms with Crippen molar-refractivity contribution in [1.29, 1.82) is 0 Å². The second-order valence-corrected chi connectivity index (χ2v) is 12.6. The van der Waals surface area contributed by atoms with Gasteiger partial charge in [-0.2, -0.15) is 0 Å². The number of urea groups is 1. The largest absolute Gasteiger partial charge is 0.488 e. The molecule has 0 bridgehead atoms. The summed E-state index contributed by atoms with van der Waals surface area (Å²) in [6.07, 6.45) is -0.655. The van der Waals surface area contributed by atoms with Gasteiger partial charge in [-0.25, -0.2) is 17.6 Å². The molecule has 0 saturated heterocycles. The third-order valence-electron chi connectivity index (χ3n) is 7.40. The molecule has 0 aliphatic carbocycles. The molecule has 1 heterocycles. The molecular formula is C31H37FN4O6S. The van der Waals surface area contributed by atoms with Crippen molar-refractivity contribution >= 4 is 33.3 Å². The van der Waals surface area contributed by atoms with Gasteiger partial charge in [-0.05, 0) is 68.4 Å². The molecule has 43 heavy (non-hydrogen) atoms. The molecule has 10 nitrogen and oxygen atoms in total. The third-order valence-corrected chi connectivity index (χ3v) is 8.79. The molecule has 3 N–H and O–H groups in total. The molecule has 12 heteroatoms. The Labute approximate surface area is 251 Å². The Morgan fingerprint density at radius 1 is 1.12 bits per heavy atom. The van der Waals surface area contributed by atoms with Gasteiger partial charge in [0.15, 0.2) is 0 Å². The van der Waals surface area contributed by atoms with Crippen LogP contribution in [0.2, 0.25) is 0 Å². The van der Waals surface area contributed by atoms with Gasteiger partial charge in [0, 0.05) is 36.4 Å². The fourth-order valence-electron chi connectivity index (χ4n) is 4.75. The minimum absolute atomic E-state index is 0.0832. The Hall–Kier alpha value is -4.16. The summed E-state index contributed by atoms with van der Waals surface area (Å²) in [6, 6.07) is 15.7. The molecule has 0 unspecified atom stereocenters. The first-order chi connectivity index (χ1) is 20.4. The van der Waals surface area contributed by atoms with E-state index in [0.29, 0.717) is 17.0 Å². The third kappa shape index (κ3) is 8.02. The number of halogens is 1. The Bertz CT molecular complexity index is 1550. The number of benzene rings is 3. The second kappa shape index (κ2) is 13.4. The van der Waals surface area contributed by atoms with Crippen molar-refractivity contribution in [2.45, 2.75) is 44.2 Å². The van der Waals surface area contributed by atoms with Gasteiger partial charge in [0.25, 0.3) is 10.0 Å². The lowest BCUT2D eigenvalue weighted by Crippen LogP contribution is -2.48. The first-order valence-corrected chi connectivity index (χ1v) is 15.4. The standard InChI is InChI=1S/C31H37FN4O6S/c1-20-5-12-27(13-6-20)43(40,41)34-26-11-14-28-23(15-26)16-30(38)36(22(3)19-37)17-21(2)29(42-28)18-35(4)31(39)33-25-9-7-24(32)8-10-25/h5-15,21-22,29,34,37H,16-19H2,1-4H3,(H,33,39)/t21-,22+,29+/m0/s1. The number of anilines is 2. The molecule has 0 saturated carbocycles. The van der Waals surface area contributed by atoms with Crippen molar-refractivity contribution in [3.05, 3.63) is 83.7 Å². The van der Waals surface area contributed by atoms with E-state index in [1.807, 2.05) is 13.8 Å². The smallest absolute Gasteiger partial charge is 0.321 e. The number of rotatable bonds is 8. The number of fused-ring (bicyclic) bond motifs is 1. The number of amides is 3. The van der Waals surface area contributed by atoms with Gasteiger partial charge in [-0.15, -0.1) is 0 Å².